The zero-order chi connectivity index (χ0) is 26.0. The van der Waals surface area contributed by atoms with Crippen LogP contribution in [-0.4, -0.2) is 72.4 Å². The predicted octanol–water partition coefficient (Wildman–Crippen LogP) is 2.17. The van der Waals surface area contributed by atoms with Gasteiger partial charge in [0.05, 0.1) is 19.1 Å². The molecule has 2 fully saturated rings. The number of nitrogens with one attached hydrogen (secondary N) is 3. The molecule has 12 heteroatoms. The molecule has 3 heterocycles. The van der Waals surface area contributed by atoms with Crippen molar-refractivity contribution < 1.29 is 37.1 Å². The normalized spacial score (nSPS) is 23.3. The first kappa shape index (κ1) is 25.5. The smallest absolute Gasteiger partial charge is 0.393 e. The molecule has 2 aliphatic rings. The summed E-state index contributed by atoms with van der Waals surface area (Å²) in [7, 11) is 1.46. The van der Waals surface area contributed by atoms with Crippen LogP contribution in [0.1, 0.15) is 36.2 Å². The van der Waals surface area contributed by atoms with Crippen LogP contribution in [0.25, 0.3) is 10.9 Å². The summed E-state index contributed by atoms with van der Waals surface area (Å²) in [4.78, 5) is 53.8. The fourth-order valence-corrected chi connectivity index (χ4v) is 4.92. The van der Waals surface area contributed by atoms with Gasteiger partial charge in [0.2, 0.25) is 11.8 Å². The minimum Gasteiger partial charge on any atom is -0.496 e. The molecule has 2 saturated heterocycles. The van der Waals surface area contributed by atoms with Gasteiger partial charge in [0.15, 0.2) is 0 Å². The summed E-state index contributed by atoms with van der Waals surface area (Å²) < 4.78 is 46.0. The minimum atomic E-state index is -4.61. The summed E-state index contributed by atoms with van der Waals surface area (Å²) in [5, 5.41) is 5.72. The van der Waals surface area contributed by atoms with E-state index in [9.17, 15) is 32.3 Å². The third-order valence-electron chi connectivity index (χ3n) is 6.83. The van der Waals surface area contributed by atoms with E-state index in [-0.39, 0.29) is 18.0 Å². The van der Waals surface area contributed by atoms with E-state index in [0.717, 1.165) is 11.3 Å². The number of aromatic nitrogens is 1. The monoisotopic (exact) mass is 508 g/mol. The predicted molar refractivity (Wildman–Crippen MR) is 122 cm³/mol. The molecule has 0 saturated carbocycles. The molecular weight excluding hydrogens is 481 g/mol. The van der Waals surface area contributed by atoms with Gasteiger partial charge >= 0.3 is 6.18 Å². The number of methoxy groups -OCH3 is 1. The third kappa shape index (κ3) is 5.17. The molecule has 3 amide bonds. The number of rotatable bonds is 7. The summed E-state index contributed by atoms with van der Waals surface area (Å²) in [6.45, 7) is -0.158. The molecule has 2 aromatic rings. The van der Waals surface area contributed by atoms with Crippen molar-refractivity contribution in [3.8, 4) is 5.75 Å². The number of benzene rings is 1. The van der Waals surface area contributed by atoms with Gasteiger partial charge in [-0.1, -0.05) is 6.07 Å². The number of hydrogen-bond acceptors (Lipinski definition) is 5. The number of fused-ring (bicyclic) bond motifs is 1. The maximum atomic E-state index is 13.6. The van der Waals surface area contributed by atoms with Crippen molar-refractivity contribution in [3.63, 3.8) is 0 Å². The molecule has 3 N–H and O–H groups in total. The Morgan fingerprint density at radius 1 is 1.33 bits per heavy atom. The first-order valence-electron chi connectivity index (χ1n) is 11.7. The van der Waals surface area contributed by atoms with Gasteiger partial charge in [0.25, 0.3) is 5.91 Å². The van der Waals surface area contributed by atoms with Gasteiger partial charge in [0, 0.05) is 29.9 Å². The van der Waals surface area contributed by atoms with Crippen LogP contribution >= 0.6 is 0 Å². The van der Waals surface area contributed by atoms with Gasteiger partial charge in [-0.05, 0) is 43.9 Å². The van der Waals surface area contributed by atoms with Gasteiger partial charge in [-0.25, -0.2) is 0 Å². The maximum Gasteiger partial charge on any atom is 0.393 e. The fourth-order valence-electron chi connectivity index (χ4n) is 4.92. The topological polar surface area (TPSA) is 121 Å². The molecule has 4 rings (SSSR count). The first-order chi connectivity index (χ1) is 17.1. The molecule has 0 aliphatic carbocycles. The number of likely N-dealkylation sites (tertiary alicyclic amines) is 1. The lowest BCUT2D eigenvalue weighted by Gasteiger charge is -2.27. The number of H-pyrrole nitrogens is 1. The van der Waals surface area contributed by atoms with Crippen LogP contribution in [0, 0.1) is 11.8 Å². The van der Waals surface area contributed by atoms with Crippen molar-refractivity contribution in [3.05, 3.63) is 30.0 Å². The van der Waals surface area contributed by atoms with Crippen LogP contribution in [0.15, 0.2) is 24.3 Å². The highest BCUT2D eigenvalue weighted by atomic mass is 19.4. The molecule has 0 spiro atoms. The van der Waals surface area contributed by atoms with Gasteiger partial charge in [-0.15, -0.1) is 0 Å². The zero-order valence-electron chi connectivity index (χ0n) is 19.6. The Balaban J connectivity index is 1.55. The van der Waals surface area contributed by atoms with Crippen molar-refractivity contribution in [2.24, 2.45) is 11.8 Å². The summed E-state index contributed by atoms with van der Waals surface area (Å²) in [6.07, 6.45) is -3.47. The Morgan fingerprint density at radius 2 is 2.11 bits per heavy atom. The number of piperidine rings is 1. The van der Waals surface area contributed by atoms with Crippen molar-refractivity contribution in [1.82, 2.24) is 20.5 Å². The van der Waals surface area contributed by atoms with E-state index in [4.69, 9.17) is 4.74 Å². The van der Waals surface area contributed by atoms with Crippen LogP contribution < -0.4 is 15.4 Å². The number of ether oxygens (including phenoxy) is 1. The van der Waals surface area contributed by atoms with E-state index >= 15 is 0 Å². The Morgan fingerprint density at radius 3 is 2.78 bits per heavy atom. The lowest BCUT2D eigenvalue weighted by atomic mass is 9.92. The molecule has 0 bridgehead atoms. The zero-order valence-corrected chi connectivity index (χ0v) is 19.6. The molecule has 2 aliphatic heterocycles. The molecule has 2 unspecified atom stereocenters. The summed E-state index contributed by atoms with van der Waals surface area (Å²) in [5.41, 5.74) is 0.568. The van der Waals surface area contributed by atoms with Crippen LogP contribution in [0.5, 0.6) is 5.75 Å². The Kier molecular flexibility index (Phi) is 7.23. The molecule has 1 aromatic carbocycles. The van der Waals surface area contributed by atoms with Gasteiger partial charge in [-0.2, -0.15) is 13.2 Å². The number of carbonyl (C=O) groups excluding carboxylic acids is 4. The molecular formula is C24H27F3N4O5. The Hall–Kier alpha value is -3.57. The number of hydrogen-bond donors (Lipinski definition) is 3. The van der Waals surface area contributed by atoms with Gasteiger partial charge < -0.3 is 30.0 Å². The Bertz CT molecular complexity index is 1160. The first-order valence-corrected chi connectivity index (χ1v) is 11.7. The molecule has 1 aromatic heterocycles. The van der Waals surface area contributed by atoms with Crippen LogP contribution in [0.2, 0.25) is 0 Å². The summed E-state index contributed by atoms with van der Waals surface area (Å²) in [5.74, 6) is -3.76. The lowest BCUT2D eigenvalue weighted by molar-refractivity contribution is -0.170. The van der Waals surface area contributed by atoms with Crippen LogP contribution in [-0.2, 0) is 14.4 Å². The number of halogens is 3. The number of aromatic amines is 1. The second-order valence-electron chi connectivity index (χ2n) is 9.17. The number of carbonyl (C=O) groups is 4. The number of aldehydes is 1. The van der Waals surface area contributed by atoms with Crippen molar-refractivity contribution in [1.29, 1.82) is 0 Å². The number of amides is 3. The van der Waals surface area contributed by atoms with Crippen molar-refractivity contribution >= 4 is 34.9 Å². The highest BCUT2D eigenvalue weighted by Gasteiger charge is 2.51. The average Bonchev–Trinajstić information content (AvgIpc) is 3.49. The largest absolute Gasteiger partial charge is 0.496 e. The maximum absolute atomic E-state index is 13.6. The standard InChI is InChI=1S/C24H27F3N4O5/c1-36-20-6-2-5-17-16(20)10-18(30-17)23(35)31-11-14(24(25,26)27)9-19(31)22(34)29-15(12-32)8-13-4-3-7-28-21(13)33/h2,5-6,10,12-15,19,30H,3-4,7-9,11H2,1H3,(H,28,33)(H,29,34)/t13?,14-,15?,19+/m1/s1. The highest BCUT2D eigenvalue weighted by Crippen LogP contribution is 2.38. The molecule has 36 heavy (non-hydrogen) atoms. The third-order valence-corrected chi connectivity index (χ3v) is 6.83. The van der Waals surface area contributed by atoms with E-state index in [0.29, 0.717) is 35.9 Å². The second-order valence-corrected chi connectivity index (χ2v) is 9.17. The fraction of sp³-hybridized carbons (Fsp3) is 0.500. The van der Waals surface area contributed by atoms with E-state index in [1.165, 1.54) is 13.2 Å². The van der Waals surface area contributed by atoms with Gasteiger partial charge in [-0.3, -0.25) is 14.4 Å². The van der Waals surface area contributed by atoms with Crippen molar-refractivity contribution in [2.75, 3.05) is 20.2 Å². The number of nitrogens with zero attached hydrogens (tertiary/aromatic N) is 1. The van der Waals surface area contributed by atoms with E-state index in [2.05, 4.69) is 15.6 Å². The lowest BCUT2D eigenvalue weighted by Crippen LogP contribution is -2.50. The Labute approximate surface area is 204 Å². The van der Waals surface area contributed by atoms with Gasteiger partial charge in [0.1, 0.15) is 23.8 Å². The molecule has 9 nitrogen and oxygen atoms in total. The van der Waals surface area contributed by atoms with E-state index in [1.54, 1.807) is 18.2 Å². The van der Waals surface area contributed by atoms with Crippen LogP contribution in [0.3, 0.4) is 0 Å². The second kappa shape index (κ2) is 10.2. The quantitative estimate of drug-likeness (QED) is 0.495. The van der Waals surface area contributed by atoms with E-state index in [1.807, 2.05) is 0 Å². The minimum absolute atomic E-state index is 0.0148. The van der Waals surface area contributed by atoms with E-state index < -0.39 is 54.9 Å². The SMILES string of the molecule is COc1cccc2[nH]c(C(=O)N3C[C@H](C(F)(F)F)C[C@H]3C(=O)NC(C=O)CC3CCCNC3=O)cc12. The number of alkyl halides is 3. The average molecular weight is 508 g/mol. The summed E-state index contributed by atoms with van der Waals surface area (Å²) >= 11 is 0. The van der Waals surface area contributed by atoms with Crippen molar-refractivity contribution in [2.45, 2.75) is 43.9 Å². The molecule has 4 atom stereocenters. The molecule has 194 valence electrons. The summed E-state index contributed by atoms with van der Waals surface area (Å²) in [6, 6.07) is 4.05. The molecule has 0 radical (unpaired) electrons. The highest BCUT2D eigenvalue weighted by molar-refractivity contribution is 6.02. The van der Waals surface area contributed by atoms with Crippen LogP contribution in [0.4, 0.5) is 13.2 Å².